The van der Waals surface area contributed by atoms with Crippen molar-refractivity contribution in [2.45, 2.75) is 26.7 Å². The van der Waals surface area contributed by atoms with Gasteiger partial charge in [-0.15, -0.1) is 34.0 Å². The Morgan fingerprint density at radius 1 is 0.600 bits per heavy atom. The second-order valence-corrected chi connectivity index (χ2v) is 9.05. The van der Waals surface area contributed by atoms with Crippen LogP contribution in [0.3, 0.4) is 0 Å². The molecule has 0 saturated heterocycles. The van der Waals surface area contributed by atoms with E-state index in [4.69, 9.17) is 0 Å². The minimum Gasteiger partial charge on any atom is -0.294 e. The van der Waals surface area contributed by atoms with Gasteiger partial charge in [0.2, 0.25) is 0 Å². The summed E-state index contributed by atoms with van der Waals surface area (Å²) in [6.45, 7) is 4.67. The Labute approximate surface area is 158 Å². The van der Waals surface area contributed by atoms with Gasteiger partial charge in [0.05, 0.1) is 20.5 Å². The lowest BCUT2D eigenvalue weighted by molar-refractivity contribution is 0.101. The van der Waals surface area contributed by atoms with Crippen molar-refractivity contribution in [3.63, 3.8) is 0 Å². The van der Waals surface area contributed by atoms with E-state index in [9.17, 15) is 14.4 Å². The first-order chi connectivity index (χ1) is 11.9. The maximum absolute atomic E-state index is 11.7. The zero-order chi connectivity index (χ0) is 18.1. The lowest BCUT2D eigenvalue weighted by Crippen LogP contribution is -1.96. The molecule has 0 aliphatic heterocycles. The van der Waals surface area contributed by atoms with E-state index in [1.54, 1.807) is 20.8 Å². The van der Waals surface area contributed by atoms with Crippen LogP contribution in [0.1, 0.15) is 70.3 Å². The van der Waals surface area contributed by atoms with Crippen LogP contribution in [-0.4, -0.2) is 17.3 Å². The highest BCUT2D eigenvalue weighted by molar-refractivity contribution is 7.17. The van der Waals surface area contributed by atoms with Gasteiger partial charge in [-0.05, 0) is 57.2 Å². The average molecular weight is 389 g/mol. The Balaban J connectivity index is 2.10. The molecule has 0 aliphatic rings. The highest BCUT2D eigenvalue weighted by atomic mass is 32.1. The summed E-state index contributed by atoms with van der Waals surface area (Å²) in [7, 11) is 0. The molecule has 0 N–H and O–H groups in total. The number of Topliss-reactive ketones (excluding diaryl/α,β-unsaturated/α-hetero) is 3. The maximum atomic E-state index is 11.7. The third-order valence-corrected chi connectivity index (χ3v) is 7.53. The van der Waals surface area contributed by atoms with Crippen molar-refractivity contribution < 1.29 is 14.4 Å². The number of ketones is 3. The minimum atomic E-state index is -0.0608. The van der Waals surface area contributed by atoms with Gasteiger partial charge in [-0.1, -0.05) is 0 Å². The third kappa shape index (κ3) is 3.71. The van der Waals surface area contributed by atoms with E-state index in [1.807, 2.05) is 36.4 Å². The molecule has 3 nitrogen and oxygen atoms in total. The van der Waals surface area contributed by atoms with Gasteiger partial charge in [0.25, 0.3) is 0 Å². The summed E-state index contributed by atoms with van der Waals surface area (Å²) < 4.78 is 0. The van der Waals surface area contributed by atoms with Crippen LogP contribution in [0.25, 0.3) is 0 Å². The largest absolute Gasteiger partial charge is 0.294 e. The smallest absolute Gasteiger partial charge is 0.169 e. The van der Waals surface area contributed by atoms with Gasteiger partial charge in [-0.25, -0.2) is 0 Å². The number of thiophene rings is 3. The highest BCUT2D eigenvalue weighted by Gasteiger charge is 2.24. The molecule has 6 heteroatoms. The molecule has 0 saturated carbocycles. The molecule has 0 fully saturated rings. The molecule has 3 aromatic rings. The molecule has 0 atom stereocenters. The SMILES string of the molecule is CC(=O)c1ccc(C(c2ccc(C(C)=O)s2)c2ccc(C(C)=O)s2)s1. The molecular weight excluding hydrogens is 372 g/mol. The van der Waals surface area contributed by atoms with Gasteiger partial charge in [-0.3, -0.25) is 14.4 Å². The molecule has 0 aromatic carbocycles. The van der Waals surface area contributed by atoms with Crippen molar-refractivity contribution >= 4 is 51.4 Å². The summed E-state index contributed by atoms with van der Waals surface area (Å²) in [5.41, 5.74) is 0. The third-order valence-electron chi connectivity index (χ3n) is 3.77. The Bertz CT molecular complexity index is 834. The van der Waals surface area contributed by atoms with Crippen LogP contribution >= 0.6 is 34.0 Å². The zero-order valence-corrected chi connectivity index (χ0v) is 16.4. The second-order valence-electron chi connectivity index (χ2n) is 5.71. The zero-order valence-electron chi connectivity index (χ0n) is 14.0. The fraction of sp³-hybridized carbons (Fsp3) is 0.211. The van der Waals surface area contributed by atoms with Crippen LogP contribution in [0.15, 0.2) is 36.4 Å². The van der Waals surface area contributed by atoms with Crippen LogP contribution in [0.2, 0.25) is 0 Å². The molecular formula is C19H16O3S3. The number of carbonyl (C=O) groups is 3. The topological polar surface area (TPSA) is 51.2 Å². The van der Waals surface area contributed by atoms with Crippen molar-refractivity contribution in [1.29, 1.82) is 0 Å². The number of rotatable bonds is 6. The lowest BCUT2D eigenvalue weighted by atomic mass is 10.0. The van der Waals surface area contributed by atoms with E-state index in [0.717, 1.165) is 14.6 Å². The Kier molecular flexibility index (Phi) is 5.13. The van der Waals surface area contributed by atoms with Gasteiger partial charge in [0.15, 0.2) is 17.3 Å². The lowest BCUT2D eigenvalue weighted by Gasteiger charge is -2.12. The highest BCUT2D eigenvalue weighted by Crippen LogP contribution is 2.42. The quantitative estimate of drug-likeness (QED) is 0.512. The molecule has 0 radical (unpaired) electrons. The molecule has 3 rings (SSSR count). The van der Waals surface area contributed by atoms with Crippen LogP contribution in [0.4, 0.5) is 0 Å². The fourth-order valence-electron chi connectivity index (χ4n) is 2.51. The minimum absolute atomic E-state index is 0.0428. The molecule has 3 aromatic heterocycles. The predicted octanol–water partition coefficient (Wildman–Crippen LogP) is 5.66. The number of hydrogen-bond donors (Lipinski definition) is 0. The predicted molar refractivity (Wildman–Crippen MR) is 104 cm³/mol. The Morgan fingerprint density at radius 3 is 1.08 bits per heavy atom. The van der Waals surface area contributed by atoms with Gasteiger partial charge in [-0.2, -0.15) is 0 Å². The molecule has 0 amide bonds. The van der Waals surface area contributed by atoms with Crippen LogP contribution in [-0.2, 0) is 0 Å². The average Bonchev–Trinajstić information content (AvgIpc) is 3.28. The van der Waals surface area contributed by atoms with E-state index in [2.05, 4.69) is 0 Å². The van der Waals surface area contributed by atoms with Crippen LogP contribution < -0.4 is 0 Å². The normalized spacial score (nSPS) is 11.0. The Hall–Kier alpha value is -1.89. The van der Waals surface area contributed by atoms with Gasteiger partial charge >= 0.3 is 0 Å². The van der Waals surface area contributed by atoms with E-state index in [-0.39, 0.29) is 23.3 Å². The fourth-order valence-corrected chi connectivity index (χ4v) is 5.86. The van der Waals surface area contributed by atoms with E-state index < -0.39 is 0 Å². The maximum Gasteiger partial charge on any atom is 0.169 e. The monoisotopic (exact) mass is 388 g/mol. The standard InChI is InChI=1S/C19H16O3S3/c1-10(20)13-4-7-16(23-13)19(17-8-5-14(24-17)11(2)21)18-9-6-15(25-18)12(3)22/h4-9,19H,1-3H3. The van der Waals surface area contributed by atoms with Crippen molar-refractivity contribution in [3.8, 4) is 0 Å². The summed E-state index contributed by atoms with van der Waals surface area (Å²) in [4.78, 5) is 40.3. The van der Waals surface area contributed by atoms with Gasteiger partial charge in [0, 0.05) is 14.6 Å². The molecule has 128 valence electrons. The van der Waals surface area contributed by atoms with Crippen molar-refractivity contribution in [2.24, 2.45) is 0 Å². The second kappa shape index (κ2) is 7.15. The van der Waals surface area contributed by atoms with E-state index in [0.29, 0.717) is 14.6 Å². The molecule has 0 bridgehead atoms. The molecule has 0 spiro atoms. The molecule has 25 heavy (non-hydrogen) atoms. The van der Waals surface area contributed by atoms with Gasteiger partial charge < -0.3 is 0 Å². The summed E-state index contributed by atoms with van der Waals surface area (Å²) in [6, 6.07) is 11.4. The number of carbonyl (C=O) groups excluding carboxylic acids is 3. The van der Waals surface area contributed by atoms with Gasteiger partial charge in [0.1, 0.15) is 0 Å². The number of hydrogen-bond acceptors (Lipinski definition) is 6. The first-order valence-electron chi connectivity index (χ1n) is 7.69. The summed E-state index contributed by atoms with van der Waals surface area (Å²) in [5.74, 6) is 0.0675. The summed E-state index contributed by atoms with van der Waals surface area (Å²) in [6.07, 6.45) is 0. The van der Waals surface area contributed by atoms with Crippen LogP contribution in [0.5, 0.6) is 0 Å². The van der Waals surface area contributed by atoms with Crippen molar-refractivity contribution in [2.75, 3.05) is 0 Å². The first-order valence-corrected chi connectivity index (χ1v) is 10.1. The van der Waals surface area contributed by atoms with E-state index >= 15 is 0 Å². The molecule has 0 unspecified atom stereocenters. The molecule has 0 aliphatic carbocycles. The summed E-state index contributed by atoms with van der Waals surface area (Å²) >= 11 is 4.40. The van der Waals surface area contributed by atoms with Crippen LogP contribution in [0, 0.1) is 0 Å². The molecule has 3 heterocycles. The van der Waals surface area contributed by atoms with Crippen molar-refractivity contribution in [1.82, 2.24) is 0 Å². The van der Waals surface area contributed by atoms with Crippen molar-refractivity contribution in [3.05, 3.63) is 65.7 Å². The first kappa shape index (κ1) is 17.9. The van der Waals surface area contributed by atoms with E-state index in [1.165, 1.54) is 34.0 Å². The summed E-state index contributed by atoms with van der Waals surface area (Å²) in [5, 5.41) is 0. The Morgan fingerprint density at radius 2 is 0.880 bits per heavy atom.